The van der Waals surface area contributed by atoms with E-state index in [2.05, 4.69) is 55.9 Å². The van der Waals surface area contributed by atoms with Crippen LogP contribution in [-0.4, -0.2) is 80.1 Å². The van der Waals surface area contributed by atoms with Gasteiger partial charge in [-0.05, 0) is 42.4 Å². The molecule has 8 heteroatoms. The van der Waals surface area contributed by atoms with Gasteiger partial charge in [-0.1, -0.05) is 24.3 Å². The minimum absolute atomic E-state index is 0. The summed E-state index contributed by atoms with van der Waals surface area (Å²) in [5, 5.41) is 0. The Bertz CT molecular complexity index is 857. The number of rotatable bonds is 5. The summed E-state index contributed by atoms with van der Waals surface area (Å²) in [6.07, 6.45) is 0. The second kappa shape index (κ2) is 11.8. The van der Waals surface area contributed by atoms with Crippen molar-refractivity contribution in [1.29, 1.82) is 0 Å². The molecular formula is C24H34FIN6. The molecule has 4 rings (SSSR count). The maximum absolute atomic E-state index is 13.1. The highest BCUT2D eigenvalue weighted by Crippen LogP contribution is 2.17. The van der Waals surface area contributed by atoms with E-state index in [0.29, 0.717) is 12.5 Å². The first-order valence-electron chi connectivity index (χ1n) is 11.1. The summed E-state index contributed by atoms with van der Waals surface area (Å²) in [5.74, 6) is 0.395. The van der Waals surface area contributed by atoms with E-state index < -0.39 is 0 Å². The fourth-order valence-electron chi connectivity index (χ4n) is 4.13. The summed E-state index contributed by atoms with van der Waals surface area (Å²) in [7, 11) is 2.18. The molecule has 0 aromatic heterocycles. The number of nitrogens with two attached hydrogens (primary N) is 1. The minimum atomic E-state index is -0.203. The number of aliphatic imine (C=N–C) groups is 1. The quantitative estimate of drug-likeness (QED) is 0.352. The molecule has 0 bridgehead atoms. The number of anilines is 1. The normalized spacial score (nSPS) is 18.5. The second-order valence-electron chi connectivity index (χ2n) is 8.52. The molecule has 2 aliphatic heterocycles. The van der Waals surface area contributed by atoms with E-state index >= 15 is 0 Å². The standard InChI is InChI=1S/C24H33FN6.HI/c1-28-10-12-29(13-11-28)19-21-4-2-20(3-5-21)18-27-24(26)31-16-14-30(15-17-31)23-8-6-22(25)7-9-23;/h2-9H,10-19H2,1H3,(H2,26,27);1H. The van der Waals surface area contributed by atoms with E-state index in [-0.39, 0.29) is 29.8 Å². The summed E-state index contributed by atoms with van der Waals surface area (Å²) < 4.78 is 13.1. The zero-order valence-corrected chi connectivity index (χ0v) is 21.1. The molecule has 2 aromatic carbocycles. The highest BCUT2D eigenvalue weighted by Gasteiger charge is 2.18. The van der Waals surface area contributed by atoms with Crippen LogP contribution in [0.25, 0.3) is 0 Å². The first-order chi connectivity index (χ1) is 15.1. The van der Waals surface area contributed by atoms with Crippen LogP contribution in [0.4, 0.5) is 10.1 Å². The highest BCUT2D eigenvalue weighted by molar-refractivity contribution is 14.0. The Hall–Kier alpha value is -1.91. The molecule has 2 aliphatic rings. The van der Waals surface area contributed by atoms with Crippen LogP contribution < -0.4 is 10.6 Å². The molecule has 2 heterocycles. The number of hydrogen-bond acceptors (Lipinski definition) is 4. The number of hydrogen-bond donors (Lipinski definition) is 1. The smallest absolute Gasteiger partial charge is 0.191 e. The number of nitrogens with zero attached hydrogens (tertiary/aromatic N) is 5. The van der Waals surface area contributed by atoms with Crippen LogP contribution in [0.15, 0.2) is 53.5 Å². The molecule has 0 atom stereocenters. The van der Waals surface area contributed by atoms with Gasteiger partial charge in [0, 0.05) is 64.6 Å². The molecule has 0 unspecified atom stereocenters. The van der Waals surface area contributed by atoms with Crippen molar-refractivity contribution in [3.05, 3.63) is 65.5 Å². The lowest BCUT2D eigenvalue weighted by atomic mass is 10.1. The molecular weight excluding hydrogens is 518 g/mol. The lowest BCUT2D eigenvalue weighted by Gasteiger charge is -2.36. The number of guanidine groups is 1. The van der Waals surface area contributed by atoms with Gasteiger partial charge < -0.3 is 20.4 Å². The van der Waals surface area contributed by atoms with Crippen molar-refractivity contribution in [3.8, 4) is 0 Å². The van der Waals surface area contributed by atoms with Crippen molar-refractivity contribution >= 4 is 35.6 Å². The minimum Gasteiger partial charge on any atom is -0.370 e. The third-order valence-electron chi connectivity index (χ3n) is 6.24. The molecule has 2 aromatic rings. The fraction of sp³-hybridized carbons (Fsp3) is 0.458. The van der Waals surface area contributed by atoms with Gasteiger partial charge >= 0.3 is 0 Å². The van der Waals surface area contributed by atoms with Crippen LogP contribution in [0.2, 0.25) is 0 Å². The molecule has 0 spiro atoms. The van der Waals surface area contributed by atoms with Crippen LogP contribution in [0.3, 0.4) is 0 Å². The van der Waals surface area contributed by atoms with E-state index in [1.807, 2.05) is 12.1 Å². The van der Waals surface area contributed by atoms with Crippen molar-refractivity contribution in [1.82, 2.24) is 14.7 Å². The van der Waals surface area contributed by atoms with Crippen LogP contribution in [0, 0.1) is 5.82 Å². The Labute approximate surface area is 207 Å². The molecule has 6 nitrogen and oxygen atoms in total. The average Bonchev–Trinajstić information content (AvgIpc) is 2.80. The van der Waals surface area contributed by atoms with Gasteiger partial charge in [0.1, 0.15) is 5.82 Å². The van der Waals surface area contributed by atoms with Gasteiger partial charge in [-0.3, -0.25) is 4.90 Å². The number of halogens is 2. The van der Waals surface area contributed by atoms with Gasteiger partial charge in [0.15, 0.2) is 5.96 Å². The van der Waals surface area contributed by atoms with E-state index in [0.717, 1.165) is 64.6 Å². The molecule has 0 aliphatic carbocycles. The number of piperazine rings is 2. The molecule has 2 fully saturated rings. The first-order valence-corrected chi connectivity index (χ1v) is 11.1. The number of likely N-dealkylation sites (N-methyl/N-ethyl adjacent to an activating group) is 1. The van der Waals surface area contributed by atoms with E-state index in [1.54, 1.807) is 0 Å². The van der Waals surface area contributed by atoms with Crippen molar-refractivity contribution in [2.45, 2.75) is 13.1 Å². The van der Waals surface area contributed by atoms with Gasteiger partial charge in [0.2, 0.25) is 0 Å². The Morgan fingerprint density at radius 1 is 0.844 bits per heavy atom. The summed E-state index contributed by atoms with van der Waals surface area (Å²) in [5.41, 5.74) is 9.84. The highest BCUT2D eigenvalue weighted by atomic mass is 127. The SMILES string of the molecule is CN1CCN(Cc2ccc(CN=C(N)N3CCN(c4ccc(F)cc4)CC3)cc2)CC1.I. The lowest BCUT2D eigenvalue weighted by Crippen LogP contribution is -2.51. The third kappa shape index (κ3) is 6.79. The Balaban J connectivity index is 0.00000289. The third-order valence-corrected chi connectivity index (χ3v) is 6.24. The zero-order valence-electron chi connectivity index (χ0n) is 18.8. The van der Waals surface area contributed by atoms with Crippen LogP contribution in [0.5, 0.6) is 0 Å². The number of benzene rings is 2. The van der Waals surface area contributed by atoms with Crippen molar-refractivity contribution in [3.63, 3.8) is 0 Å². The van der Waals surface area contributed by atoms with Gasteiger partial charge in [0.05, 0.1) is 6.54 Å². The summed E-state index contributed by atoms with van der Waals surface area (Å²) in [6.45, 7) is 9.49. The Morgan fingerprint density at radius 3 is 2.06 bits per heavy atom. The van der Waals surface area contributed by atoms with Crippen molar-refractivity contribution in [2.24, 2.45) is 10.7 Å². The van der Waals surface area contributed by atoms with E-state index in [1.165, 1.54) is 23.3 Å². The largest absolute Gasteiger partial charge is 0.370 e. The monoisotopic (exact) mass is 552 g/mol. The summed E-state index contributed by atoms with van der Waals surface area (Å²) in [6, 6.07) is 15.4. The lowest BCUT2D eigenvalue weighted by molar-refractivity contribution is 0.148. The maximum atomic E-state index is 13.1. The average molecular weight is 552 g/mol. The van der Waals surface area contributed by atoms with Crippen molar-refractivity contribution < 1.29 is 4.39 Å². The van der Waals surface area contributed by atoms with Crippen LogP contribution in [0.1, 0.15) is 11.1 Å². The molecule has 0 saturated carbocycles. The van der Waals surface area contributed by atoms with Crippen LogP contribution in [-0.2, 0) is 13.1 Å². The van der Waals surface area contributed by atoms with E-state index in [4.69, 9.17) is 5.73 Å². The van der Waals surface area contributed by atoms with Gasteiger partial charge in [-0.25, -0.2) is 9.38 Å². The van der Waals surface area contributed by atoms with E-state index in [9.17, 15) is 4.39 Å². The molecule has 0 amide bonds. The van der Waals surface area contributed by atoms with Gasteiger partial charge in [-0.2, -0.15) is 0 Å². The summed E-state index contributed by atoms with van der Waals surface area (Å²) in [4.78, 5) is 13.9. The summed E-state index contributed by atoms with van der Waals surface area (Å²) >= 11 is 0. The predicted molar refractivity (Wildman–Crippen MR) is 140 cm³/mol. The Kier molecular flexibility index (Phi) is 9.12. The first kappa shape index (κ1) is 24.7. The topological polar surface area (TPSA) is 51.3 Å². The maximum Gasteiger partial charge on any atom is 0.191 e. The van der Waals surface area contributed by atoms with Gasteiger partial charge in [-0.15, -0.1) is 24.0 Å². The molecule has 0 radical (unpaired) electrons. The van der Waals surface area contributed by atoms with Crippen LogP contribution >= 0.6 is 24.0 Å². The zero-order chi connectivity index (χ0) is 21.6. The molecule has 2 N–H and O–H groups in total. The predicted octanol–water partition coefficient (Wildman–Crippen LogP) is 2.83. The molecule has 32 heavy (non-hydrogen) atoms. The molecule has 2 saturated heterocycles. The fourth-order valence-corrected chi connectivity index (χ4v) is 4.13. The molecule has 174 valence electrons. The Morgan fingerprint density at radius 2 is 1.44 bits per heavy atom. The van der Waals surface area contributed by atoms with Crippen molar-refractivity contribution in [2.75, 3.05) is 64.3 Å². The van der Waals surface area contributed by atoms with Gasteiger partial charge in [0.25, 0.3) is 0 Å². The second-order valence-corrected chi connectivity index (χ2v) is 8.52.